The van der Waals surface area contributed by atoms with E-state index in [0.717, 1.165) is 5.69 Å². The van der Waals surface area contributed by atoms with E-state index in [9.17, 15) is 0 Å². The number of hydrogen-bond donors (Lipinski definition) is 0. The maximum atomic E-state index is 5.13. The lowest BCUT2D eigenvalue weighted by Gasteiger charge is -1.80. The first kappa shape index (κ1) is 7.02. The molecule has 0 N–H and O–H groups in total. The van der Waals surface area contributed by atoms with Crippen molar-refractivity contribution < 1.29 is 8.94 Å². The third kappa shape index (κ3) is 1.09. The minimum absolute atomic E-state index is 0.369. The van der Waals surface area contributed by atoms with Gasteiger partial charge in [0.1, 0.15) is 0 Å². The van der Waals surface area contributed by atoms with Gasteiger partial charge in [-0.15, -0.1) is 10.2 Å². The average Bonchev–Trinajstić information content (AvgIpc) is 2.58. The Morgan fingerprint density at radius 1 is 1.25 bits per heavy atom. The predicted octanol–water partition coefficient (Wildman–Crippen LogP) is 1.34. The van der Waals surface area contributed by atoms with E-state index in [0.29, 0.717) is 17.5 Å². The van der Waals surface area contributed by atoms with E-state index in [1.165, 1.54) is 0 Å². The van der Waals surface area contributed by atoms with Crippen molar-refractivity contribution in [3.63, 3.8) is 0 Å². The summed E-state index contributed by atoms with van der Waals surface area (Å²) in [6.45, 7) is 3.55. The van der Waals surface area contributed by atoms with Crippen LogP contribution in [0, 0.1) is 13.8 Å². The van der Waals surface area contributed by atoms with Crippen molar-refractivity contribution in [2.24, 2.45) is 0 Å². The second-order valence-corrected chi connectivity index (χ2v) is 2.46. The molecule has 0 atom stereocenters. The van der Waals surface area contributed by atoms with Gasteiger partial charge in [-0.05, 0) is 6.92 Å². The van der Waals surface area contributed by atoms with Crippen LogP contribution in [0.1, 0.15) is 11.6 Å². The summed E-state index contributed by atoms with van der Waals surface area (Å²) in [5, 5.41) is 11.1. The van der Waals surface area contributed by atoms with Crippen molar-refractivity contribution in [2.45, 2.75) is 13.8 Å². The van der Waals surface area contributed by atoms with E-state index in [2.05, 4.69) is 15.4 Å². The number of aryl methyl sites for hydroxylation is 2. The van der Waals surface area contributed by atoms with Gasteiger partial charge in [0.2, 0.25) is 11.7 Å². The Bertz CT molecular complexity index is 353. The van der Waals surface area contributed by atoms with Gasteiger partial charge >= 0.3 is 0 Å². The Hall–Kier alpha value is -1.65. The zero-order chi connectivity index (χ0) is 8.55. The molecule has 0 saturated carbocycles. The Labute approximate surface area is 68.4 Å². The molecule has 0 aliphatic heterocycles. The summed E-state index contributed by atoms with van der Waals surface area (Å²) in [7, 11) is 0. The van der Waals surface area contributed by atoms with Gasteiger partial charge in [0.05, 0.1) is 5.69 Å². The molecular formula is C7H7N3O2. The molecule has 5 heteroatoms. The summed E-state index contributed by atoms with van der Waals surface area (Å²) in [5.41, 5.74) is 0.792. The summed E-state index contributed by atoms with van der Waals surface area (Å²) < 4.78 is 10.0. The van der Waals surface area contributed by atoms with E-state index >= 15 is 0 Å². The molecule has 12 heavy (non-hydrogen) atoms. The summed E-state index contributed by atoms with van der Waals surface area (Å²) in [6, 6.07) is 1.74. The predicted molar refractivity (Wildman–Crippen MR) is 39.3 cm³/mol. The van der Waals surface area contributed by atoms with E-state index in [1.807, 2.05) is 6.92 Å². The highest BCUT2D eigenvalue weighted by Crippen LogP contribution is 2.17. The first-order valence-corrected chi connectivity index (χ1v) is 3.49. The lowest BCUT2D eigenvalue weighted by atomic mass is 10.4. The van der Waals surface area contributed by atoms with Crippen molar-refractivity contribution in [3.05, 3.63) is 17.7 Å². The van der Waals surface area contributed by atoms with Crippen LogP contribution in [0.4, 0.5) is 0 Å². The molecule has 0 radical (unpaired) electrons. The Balaban J connectivity index is 2.43. The van der Waals surface area contributed by atoms with Gasteiger partial charge in [-0.2, -0.15) is 0 Å². The fraction of sp³-hybridized carbons (Fsp3) is 0.286. The fourth-order valence-electron chi connectivity index (χ4n) is 0.861. The molecule has 2 heterocycles. The first-order valence-electron chi connectivity index (χ1n) is 3.49. The monoisotopic (exact) mass is 165 g/mol. The van der Waals surface area contributed by atoms with Crippen LogP contribution in [0.25, 0.3) is 11.7 Å². The largest absolute Gasteiger partial charge is 0.418 e. The highest BCUT2D eigenvalue weighted by molar-refractivity contribution is 5.42. The molecule has 0 aliphatic carbocycles. The topological polar surface area (TPSA) is 65.0 Å². The second kappa shape index (κ2) is 2.44. The van der Waals surface area contributed by atoms with Crippen LogP contribution in [0.15, 0.2) is 15.0 Å². The second-order valence-electron chi connectivity index (χ2n) is 2.46. The standard InChI is InChI=1S/C7H7N3O2/c1-4-3-6(12-10-4)7-9-8-5(2)11-7/h3H,1-2H3. The molecule has 2 rings (SSSR count). The van der Waals surface area contributed by atoms with Crippen molar-refractivity contribution in [1.82, 2.24) is 15.4 Å². The maximum absolute atomic E-state index is 5.13. The highest BCUT2D eigenvalue weighted by atomic mass is 16.5. The van der Waals surface area contributed by atoms with E-state index in [4.69, 9.17) is 8.94 Å². The molecule has 2 aromatic rings. The van der Waals surface area contributed by atoms with Gasteiger partial charge in [-0.25, -0.2) is 0 Å². The van der Waals surface area contributed by atoms with Crippen LogP contribution in [0.5, 0.6) is 0 Å². The normalized spacial score (nSPS) is 10.5. The zero-order valence-corrected chi connectivity index (χ0v) is 6.74. The van der Waals surface area contributed by atoms with Crippen LogP contribution < -0.4 is 0 Å². The van der Waals surface area contributed by atoms with Crippen molar-refractivity contribution in [2.75, 3.05) is 0 Å². The van der Waals surface area contributed by atoms with Crippen LogP contribution in [0.3, 0.4) is 0 Å². The summed E-state index contributed by atoms with van der Waals surface area (Å²) in [5.74, 6) is 1.39. The highest BCUT2D eigenvalue weighted by Gasteiger charge is 2.10. The van der Waals surface area contributed by atoms with Crippen molar-refractivity contribution in [1.29, 1.82) is 0 Å². The Kier molecular flexibility index (Phi) is 1.43. The smallest absolute Gasteiger partial charge is 0.286 e. The maximum Gasteiger partial charge on any atom is 0.286 e. The van der Waals surface area contributed by atoms with Gasteiger partial charge < -0.3 is 8.94 Å². The third-order valence-corrected chi connectivity index (χ3v) is 1.36. The van der Waals surface area contributed by atoms with Crippen molar-refractivity contribution in [3.8, 4) is 11.7 Å². The Morgan fingerprint density at radius 2 is 2.08 bits per heavy atom. The summed E-state index contributed by atoms with van der Waals surface area (Å²) in [6.07, 6.45) is 0. The van der Waals surface area contributed by atoms with Crippen LogP contribution in [-0.2, 0) is 0 Å². The molecule has 0 fully saturated rings. The molecule has 0 aromatic carbocycles. The third-order valence-electron chi connectivity index (χ3n) is 1.36. The number of hydrogen-bond acceptors (Lipinski definition) is 5. The lowest BCUT2D eigenvalue weighted by molar-refractivity contribution is 0.408. The molecule has 0 bridgehead atoms. The molecular weight excluding hydrogens is 158 g/mol. The first-order chi connectivity index (χ1) is 5.75. The number of aromatic nitrogens is 3. The van der Waals surface area contributed by atoms with E-state index < -0.39 is 0 Å². The number of nitrogens with zero attached hydrogens (tertiary/aromatic N) is 3. The molecule has 0 amide bonds. The minimum atomic E-state index is 0.369. The summed E-state index contributed by atoms with van der Waals surface area (Å²) >= 11 is 0. The molecule has 0 saturated heterocycles. The van der Waals surface area contributed by atoms with Gasteiger partial charge in [0.15, 0.2) is 0 Å². The quantitative estimate of drug-likeness (QED) is 0.637. The van der Waals surface area contributed by atoms with Crippen molar-refractivity contribution >= 4 is 0 Å². The van der Waals surface area contributed by atoms with Crippen LogP contribution >= 0.6 is 0 Å². The minimum Gasteiger partial charge on any atom is -0.418 e. The molecule has 0 unspecified atom stereocenters. The van der Waals surface area contributed by atoms with E-state index in [1.54, 1.807) is 13.0 Å². The summed E-state index contributed by atoms with van der Waals surface area (Å²) in [4.78, 5) is 0. The van der Waals surface area contributed by atoms with Gasteiger partial charge in [-0.3, -0.25) is 0 Å². The fourth-order valence-corrected chi connectivity index (χ4v) is 0.861. The number of rotatable bonds is 1. The van der Waals surface area contributed by atoms with E-state index in [-0.39, 0.29) is 0 Å². The lowest BCUT2D eigenvalue weighted by Crippen LogP contribution is -1.72. The SMILES string of the molecule is Cc1cc(-c2nnc(C)o2)on1. The van der Waals surface area contributed by atoms with Crippen LogP contribution in [-0.4, -0.2) is 15.4 Å². The van der Waals surface area contributed by atoms with Gasteiger partial charge in [0, 0.05) is 13.0 Å². The Morgan fingerprint density at radius 3 is 2.58 bits per heavy atom. The molecule has 2 aromatic heterocycles. The average molecular weight is 165 g/mol. The molecule has 0 spiro atoms. The van der Waals surface area contributed by atoms with Gasteiger partial charge in [-0.1, -0.05) is 5.16 Å². The molecule has 0 aliphatic rings. The molecule has 5 nitrogen and oxygen atoms in total. The van der Waals surface area contributed by atoms with Gasteiger partial charge in [0.25, 0.3) is 5.89 Å². The molecule has 62 valence electrons. The van der Waals surface area contributed by atoms with Crippen LogP contribution in [0.2, 0.25) is 0 Å². The zero-order valence-electron chi connectivity index (χ0n) is 6.74.